The van der Waals surface area contributed by atoms with Crippen LogP contribution in [0.15, 0.2) is 24.3 Å². The van der Waals surface area contributed by atoms with Crippen LogP contribution in [-0.2, 0) is 19.7 Å². The fourth-order valence-electron chi connectivity index (χ4n) is 2.47. The van der Waals surface area contributed by atoms with E-state index in [-0.39, 0.29) is 17.8 Å². The van der Waals surface area contributed by atoms with E-state index in [2.05, 4.69) is 5.32 Å². The molecule has 106 valence electrons. The number of rotatable bonds is 5. The van der Waals surface area contributed by atoms with Crippen molar-refractivity contribution in [2.24, 2.45) is 5.92 Å². The van der Waals surface area contributed by atoms with Crippen LogP contribution in [0.25, 0.3) is 0 Å². The number of nitrogens with one attached hydrogen (secondary N) is 1. The van der Waals surface area contributed by atoms with Crippen molar-refractivity contribution in [2.45, 2.75) is 38.0 Å². The predicted octanol–water partition coefficient (Wildman–Crippen LogP) is 2.63. The lowest BCUT2D eigenvalue weighted by molar-refractivity contribution is -0.146. The zero-order valence-electron chi connectivity index (χ0n) is 11.6. The van der Waals surface area contributed by atoms with Crippen molar-refractivity contribution in [1.29, 1.82) is 0 Å². The van der Waals surface area contributed by atoms with Crippen molar-refractivity contribution >= 4 is 17.6 Å². The fourth-order valence-corrected chi connectivity index (χ4v) is 2.47. The second-order valence-corrected chi connectivity index (χ2v) is 5.64. The molecule has 0 heterocycles. The van der Waals surface area contributed by atoms with Crippen molar-refractivity contribution < 1.29 is 14.3 Å². The number of hydrogen-bond donors (Lipinski definition) is 1. The van der Waals surface area contributed by atoms with Crippen LogP contribution >= 0.6 is 0 Å². The molecule has 0 saturated heterocycles. The molecule has 1 aromatic carbocycles. The summed E-state index contributed by atoms with van der Waals surface area (Å²) in [5.41, 5.74) is 1.35. The van der Waals surface area contributed by atoms with Crippen LogP contribution in [0.2, 0.25) is 0 Å². The minimum Gasteiger partial charge on any atom is -0.465 e. The summed E-state index contributed by atoms with van der Waals surface area (Å²) < 4.78 is 5.15. The second kappa shape index (κ2) is 4.93. The molecule has 2 fully saturated rings. The molecule has 1 N–H and O–H groups in total. The maximum Gasteiger partial charge on any atom is 0.316 e. The Hall–Kier alpha value is -1.84. The van der Waals surface area contributed by atoms with Crippen LogP contribution < -0.4 is 5.32 Å². The van der Waals surface area contributed by atoms with Gasteiger partial charge in [0.15, 0.2) is 0 Å². The third-order valence-electron chi connectivity index (χ3n) is 4.07. The highest BCUT2D eigenvalue weighted by Gasteiger charge is 2.52. The first-order valence-electron chi connectivity index (χ1n) is 7.24. The summed E-state index contributed by atoms with van der Waals surface area (Å²) in [6.07, 6.45) is 3.69. The van der Waals surface area contributed by atoms with Gasteiger partial charge in [-0.25, -0.2) is 0 Å². The number of anilines is 1. The first-order chi connectivity index (χ1) is 9.65. The molecular formula is C16H19NO3. The van der Waals surface area contributed by atoms with Crippen molar-refractivity contribution in [3.05, 3.63) is 29.8 Å². The van der Waals surface area contributed by atoms with Crippen LogP contribution in [0, 0.1) is 5.92 Å². The molecule has 2 saturated carbocycles. The Morgan fingerprint density at radius 3 is 2.40 bits per heavy atom. The Bertz CT molecular complexity index is 527. The lowest BCUT2D eigenvalue weighted by Gasteiger charge is -2.14. The maximum absolute atomic E-state index is 12.0. The van der Waals surface area contributed by atoms with Gasteiger partial charge in [-0.3, -0.25) is 9.59 Å². The Labute approximate surface area is 118 Å². The number of carbonyl (C=O) groups excluding carboxylic acids is 2. The maximum atomic E-state index is 12.0. The average molecular weight is 273 g/mol. The Morgan fingerprint density at radius 2 is 1.90 bits per heavy atom. The Kier molecular flexibility index (Phi) is 3.24. The van der Waals surface area contributed by atoms with E-state index in [0.29, 0.717) is 6.61 Å². The van der Waals surface area contributed by atoms with Gasteiger partial charge in [0.25, 0.3) is 0 Å². The second-order valence-electron chi connectivity index (χ2n) is 5.64. The van der Waals surface area contributed by atoms with Gasteiger partial charge in [0.1, 0.15) is 0 Å². The van der Waals surface area contributed by atoms with Gasteiger partial charge in [-0.05, 0) is 50.3 Å². The highest BCUT2D eigenvalue weighted by atomic mass is 16.5. The van der Waals surface area contributed by atoms with Crippen LogP contribution in [0.4, 0.5) is 5.69 Å². The lowest BCUT2D eigenvalue weighted by Crippen LogP contribution is -2.23. The molecule has 1 amide bonds. The van der Waals surface area contributed by atoms with Gasteiger partial charge in [-0.15, -0.1) is 0 Å². The van der Waals surface area contributed by atoms with Crippen LogP contribution in [-0.4, -0.2) is 18.5 Å². The molecule has 0 bridgehead atoms. The van der Waals surface area contributed by atoms with Gasteiger partial charge >= 0.3 is 5.97 Å². The van der Waals surface area contributed by atoms with E-state index in [1.54, 1.807) is 0 Å². The summed E-state index contributed by atoms with van der Waals surface area (Å²) in [5.74, 6) is 0.169. The molecule has 20 heavy (non-hydrogen) atoms. The summed E-state index contributed by atoms with van der Waals surface area (Å²) in [7, 11) is 0. The molecular weight excluding hydrogens is 254 g/mol. The quantitative estimate of drug-likeness (QED) is 0.839. The first-order valence-corrected chi connectivity index (χ1v) is 7.24. The van der Waals surface area contributed by atoms with Gasteiger partial charge in [-0.2, -0.15) is 0 Å². The SMILES string of the molecule is CCOC(=O)C1(c2ccc(NC(=O)C3CC3)cc2)CC1. The third-order valence-corrected chi connectivity index (χ3v) is 4.07. The molecule has 2 aliphatic rings. The molecule has 4 heteroatoms. The zero-order valence-corrected chi connectivity index (χ0v) is 11.6. The summed E-state index contributed by atoms with van der Waals surface area (Å²) in [5, 5.41) is 2.90. The fraction of sp³-hybridized carbons (Fsp3) is 0.500. The Balaban J connectivity index is 1.69. The smallest absolute Gasteiger partial charge is 0.316 e. The van der Waals surface area contributed by atoms with Gasteiger partial charge in [-0.1, -0.05) is 12.1 Å². The molecule has 1 aromatic rings. The van der Waals surface area contributed by atoms with Gasteiger partial charge in [0.2, 0.25) is 5.91 Å². The number of carbonyl (C=O) groups is 2. The van der Waals surface area contributed by atoms with Crippen molar-refractivity contribution in [3.63, 3.8) is 0 Å². The van der Waals surface area contributed by atoms with E-state index in [4.69, 9.17) is 4.74 Å². The lowest BCUT2D eigenvalue weighted by atomic mass is 9.96. The summed E-state index contributed by atoms with van der Waals surface area (Å²) in [6.45, 7) is 2.24. The van der Waals surface area contributed by atoms with E-state index >= 15 is 0 Å². The summed E-state index contributed by atoms with van der Waals surface area (Å²) in [6, 6.07) is 7.59. The number of amides is 1. The normalized spacial score (nSPS) is 19.2. The third kappa shape index (κ3) is 2.42. The first kappa shape index (κ1) is 13.2. The van der Waals surface area contributed by atoms with Gasteiger partial charge in [0.05, 0.1) is 12.0 Å². The molecule has 0 aromatic heterocycles. The monoisotopic (exact) mass is 273 g/mol. The van der Waals surface area contributed by atoms with E-state index in [9.17, 15) is 9.59 Å². The van der Waals surface area contributed by atoms with Crippen molar-refractivity contribution in [2.75, 3.05) is 11.9 Å². The predicted molar refractivity (Wildman–Crippen MR) is 75.3 cm³/mol. The van der Waals surface area contributed by atoms with Crippen LogP contribution in [0.1, 0.15) is 38.2 Å². The zero-order chi connectivity index (χ0) is 14.2. The highest BCUT2D eigenvalue weighted by molar-refractivity contribution is 5.94. The molecule has 4 nitrogen and oxygen atoms in total. The topological polar surface area (TPSA) is 55.4 Å². The van der Waals surface area contributed by atoms with E-state index in [1.807, 2.05) is 31.2 Å². The average Bonchev–Trinajstić information content (AvgIpc) is 3.31. The number of esters is 1. The highest BCUT2D eigenvalue weighted by Crippen LogP contribution is 2.49. The Morgan fingerprint density at radius 1 is 1.25 bits per heavy atom. The molecule has 0 aliphatic heterocycles. The number of hydrogen-bond acceptors (Lipinski definition) is 3. The van der Waals surface area contributed by atoms with Gasteiger partial charge < -0.3 is 10.1 Å². The molecule has 0 unspecified atom stereocenters. The molecule has 0 spiro atoms. The molecule has 0 radical (unpaired) electrons. The molecule has 2 aliphatic carbocycles. The molecule has 3 rings (SSSR count). The summed E-state index contributed by atoms with van der Waals surface area (Å²) >= 11 is 0. The summed E-state index contributed by atoms with van der Waals surface area (Å²) in [4.78, 5) is 23.7. The van der Waals surface area contributed by atoms with Crippen molar-refractivity contribution in [3.8, 4) is 0 Å². The van der Waals surface area contributed by atoms with Crippen LogP contribution in [0.5, 0.6) is 0 Å². The van der Waals surface area contributed by atoms with Gasteiger partial charge in [0, 0.05) is 11.6 Å². The van der Waals surface area contributed by atoms with E-state index in [1.165, 1.54) is 0 Å². The number of benzene rings is 1. The minimum atomic E-state index is -0.435. The molecule has 0 atom stereocenters. The van der Waals surface area contributed by atoms with Crippen LogP contribution in [0.3, 0.4) is 0 Å². The van der Waals surface area contributed by atoms with E-state index in [0.717, 1.165) is 36.9 Å². The largest absolute Gasteiger partial charge is 0.465 e. The minimum absolute atomic E-state index is 0.101. The van der Waals surface area contributed by atoms with Crippen molar-refractivity contribution in [1.82, 2.24) is 0 Å². The standard InChI is InChI=1S/C16H19NO3/c1-2-20-15(19)16(9-10-16)12-5-7-13(8-6-12)17-14(18)11-3-4-11/h5-8,11H,2-4,9-10H2,1H3,(H,17,18). The number of ether oxygens (including phenoxy) is 1. The van der Waals surface area contributed by atoms with E-state index < -0.39 is 5.41 Å².